The van der Waals surface area contributed by atoms with Gasteiger partial charge in [-0.3, -0.25) is 0 Å². The van der Waals surface area contributed by atoms with Crippen molar-refractivity contribution in [3.8, 4) is 0 Å². The predicted octanol–water partition coefficient (Wildman–Crippen LogP) is 1.88. The van der Waals surface area contributed by atoms with E-state index in [4.69, 9.17) is 21.8 Å². The summed E-state index contributed by atoms with van der Waals surface area (Å²) in [6.07, 6.45) is -1.52. The van der Waals surface area contributed by atoms with Crippen molar-refractivity contribution < 1.29 is 19.8 Å². The Hall–Kier alpha value is -1.79. The molecule has 1 aromatic carbocycles. The second-order valence-corrected chi connectivity index (χ2v) is 5.09. The Labute approximate surface area is 128 Å². The molecule has 1 unspecified atom stereocenters. The van der Waals surface area contributed by atoms with E-state index in [1.165, 1.54) is 4.90 Å². The van der Waals surface area contributed by atoms with Crippen LogP contribution in [0.4, 0.5) is 4.79 Å². The molecular formula is C14H19ClN2O4. The highest BCUT2D eigenvalue weighted by atomic mass is 35.5. The van der Waals surface area contributed by atoms with Crippen molar-refractivity contribution in [3.05, 3.63) is 34.9 Å². The summed E-state index contributed by atoms with van der Waals surface area (Å²) in [6, 6.07) is 6.65. The minimum Gasteiger partial charge on any atom is -0.479 e. The zero-order valence-electron chi connectivity index (χ0n) is 11.9. The first-order valence-electron chi connectivity index (χ1n) is 6.50. The second kappa shape index (κ2) is 7.85. The van der Waals surface area contributed by atoms with Crippen LogP contribution >= 0.6 is 11.6 Å². The molecule has 21 heavy (non-hydrogen) atoms. The lowest BCUT2D eigenvalue weighted by molar-refractivity contribution is -0.146. The van der Waals surface area contributed by atoms with Gasteiger partial charge in [-0.25, -0.2) is 9.59 Å². The number of amides is 2. The number of benzene rings is 1. The lowest BCUT2D eigenvalue weighted by atomic mass is 10.1. The van der Waals surface area contributed by atoms with Crippen LogP contribution in [-0.2, 0) is 4.79 Å². The molecule has 0 aromatic heterocycles. The van der Waals surface area contributed by atoms with Crippen LogP contribution in [0.15, 0.2) is 24.3 Å². The third-order valence-corrected chi connectivity index (χ3v) is 3.58. The predicted molar refractivity (Wildman–Crippen MR) is 79.3 cm³/mol. The molecule has 0 saturated heterocycles. The molecule has 7 heteroatoms. The molecule has 0 aliphatic rings. The van der Waals surface area contributed by atoms with Crippen LogP contribution in [0, 0.1) is 0 Å². The zero-order valence-corrected chi connectivity index (χ0v) is 12.7. The fraction of sp³-hybridized carbons (Fsp3) is 0.429. The van der Waals surface area contributed by atoms with Gasteiger partial charge in [0.05, 0.1) is 6.04 Å². The Morgan fingerprint density at radius 2 is 2.00 bits per heavy atom. The minimum absolute atomic E-state index is 0.0462. The van der Waals surface area contributed by atoms with Crippen molar-refractivity contribution in [2.75, 3.05) is 13.6 Å². The Bertz CT molecular complexity index is 510. The summed E-state index contributed by atoms with van der Waals surface area (Å²) < 4.78 is 0. The number of carboxylic acids is 1. The molecule has 0 saturated carbocycles. The standard InChI is InChI=1S/C14H19ClN2O4/c1-9(10-5-3-4-6-11(10)15)17(2)14(21)16-8-7-12(18)13(19)20/h3-6,9,12,18H,7-8H2,1-2H3,(H,16,21)(H,19,20)/t9?,12-/m0/s1. The van der Waals surface area contributed by atoms with Crippen LogP contribution in [0.25, 0.3) is 0 Å². The topological polar surface area (TPSA) is 89.9 Å². The van der Waals surface area contributed by atoms with Gasteiger partial charge in [0.1, 0.15) is 0 Å². The highest BCUT2D eigenvalue weighted by Crippen LogP contribution is 2.25. The maximum absolute atomic E-state index is 12.0. The summed E-state index contributed by atoms with van der Waals surface area (Å²) in [5.41, 5.74) is 0.822. The van der Waals surface area contributed by atoms with Crippen molar-refractivity contribution in [1.29, 1.82) is 0 Å². The van der Waals surface area contributed by atoms with E-state index < -0.39 is 12.1 Å². The van der Waals surface area contributed by atoms with Gasteiger partial charge in [-0.2, -0.15) is 0 Å². The third kappa shape index (κ3) is 4.91. The van der Waals surface area contributed by atoms with Crippen LogP contribution in [0.2, 0.25) is 5.02 Å². The number of aliphatic hydroxyl groups is 1. The van der Waals surface area contributed by atoms with Crippen molar-refractivity contribution >= 4 is 23.6 Å². The second-order valence-electron chi connectivity index (χ2n) is 4.68. The van der Waals surface area contributed by atoms with Crippen LogP contribution in [-0.4, -0.2) is 46.8 Å². The molecular weight excluding hydrogens is 296 g/mol. The molecule has 6 nitrogen and oxygen atoms in total. The molecule has 0 spiro atoms. The summed E-state index contributed by atoms with van der Waals surface area (Å²) in [6.45, 7) is 1.92. The number of urea groups is 1. The SMILES string of the molecule is CC(c1ccccc1Cl)N(C)C(=O)NCC[C@H](O)C(=O)O. The monoisotopic (exact) mass is 314 g/mol. The molecule has 3 N–H and O–H groups in total. The number of hydrogen-bond donors (Lipinski definition) is 3. The first kappa shape index (κ1) is 17.3. The number of halogens is 1. The van der Waals surface area contributed by atoms with E-state index in [1.807, 2.05) is 25.1 Å². The summed E-state index contributed by atoms with van der Waals surface area (Å²) in [4.78, 5) is 23.9. The molecule has 116 valence electrons. The van der Waals surface area contributed by atoms with Gasteiger partial charge in [-0.1, -0.05) is 29.8 Å². The first-order chi connectivity index (χ1) is 9.84. The average molecular weight is 315 g/mol. The molecule has 2 amide bonds. The van der Waals surface area contributed by atoms with Crippen molar-refractivity contribution in [3.63, 3.8) is 0 Å². The summed E-state index contributed by atoms with van der Waals surface area (Å²) in [7, 11) is 1.62. The number of rotatable bonds is 6. The van der Waals surface area contributed by atoms with Gasteiger partial charge in [0, 0.05) is 25.0 Å². The Morgan fingerprint density at radius 3 is 2.57 bits per heavy atom. The van der Waals surface area contributed by atoms with Gasteiger partial charge in [-0.05, 0) is 18.6 Å². The number of hydrogen-bond acceptors (Lipinski definition) is 3. The lowest BCUT2D eigenvalue weighted by Gasteiger charge is -2.26. The van der Waals surface area contributed by atoms with Gasteiger partial charge in [0.2, 0.25) is 0 Å². The fourth-order valence-corrected chi connectivity index (χ4v) is 2.06. The van der Waals surface area contributed by atoms with Gasteiger partial charge in [0.25, 0.3) is 0 Å². The number of carbonyl (C=O) groups is 2. The van der Waals surface area contributed by atoms with E-state index in [9.17, 15) is 9.59 Å². The largest absolute Gasteiger partial charge is 0.479 e. The highest BCUT2D eigenvalue weighted by molar-refractivity contribution is 6.31. The minimum atomic E-state index is -1.48. The molecule has 2 atom stereocenters. The number of carboxylic acid groups (broad SMARTS) is 1. The molecule has 0 heterocycles. The molecule has 0 aliphatic carbocycles. The Balaban J connectivity index is 2.54. The maximum atomic E-state index is 12.0. The number of aliphatic hydroxyl groups excluding tert-OH is 1. The Kier molecular flexibility index (Phi) is 6.45. The van der Waals surface area contributed by atoms with Crippen LogP contribution < -0.4 is 5.32 Å². The van der Waals surface area contributed by atoms with Gasteiger partial charge < -0.3 is 20.4 Å². The van der Waals surface area contributed by atoms with Crippen LogP contribution in [0.5, 0.6) is 0 Å². The number of aliphatic carboxylic acids is 1. The van der Waals surface area contributed by atoms with E-state index in [1.54, 1.807) is 13.1 Å². The van der Waals surface area contributed by atoms with Crippen LogP contribution in [0.1, 0.15) is 24.9 Å². The Morgan fingerprint density at radius 1 is 1.38 bits per heavy atom. The van der Waals surface area contributed by atoms with E-state index in [2.05, 4.69) is 5.32 Å². The van der Waals surface area contributed by atoms with Gasteiger partial charge in [0.15, 0.2) is 6.10 Å². The molecule has 0 radical (unpaired) electrons. The van der Waals surface area contributed by atoms with E-state index >= 15 is 0 Å². The zero-order chi connectivity index (χ0) is 16.0. The van der Waals surface area contributed by atoms with Crippen molar-refractivity contribution in [2.24, 2.45) is 0 Å². The van der Waals surface area contributed by atoms with Crippen molar-refractivity contribution in [1.82, 2.24) is 10.2 Å². The summed E-state index contributed by atoms with van der Waals surface area (Å²) in [5, 5.41) is 20.8. The first-order valence-corrected chi connectivity index (χ1v) is 6.88. The van der Waals surface area contributed by atoms with Gasteiger partial charge >= 0.3 is 12.0 Å². The normalized spacial score (nSPS) is 13.3. The third-order valence-electron chi connectivity index (χ3n) is 3.24. The smallest absolute Gasteiger partial charge is 0.332 e. The van der Waals surface area contributed by atoms with E-state index in [0.29, 0.717) is 5.02 Å². The number of nitrogens with one attached hydrogen (secondary N) is 1. The lowest BCUT2D eigenvalue weighted by Crippen LogP contribution is -2.40. The van der Waals surface area contributed by atoms with E-state index in [-0.39, 0.29) is 25.0 Å². The molecule has 1 rings (SSSR count). The average Bonchev–Trinajstić information content (AvgIpc) is 2.45. The maximum Gasteiger partial charge on any atom is 0.332 e. The molecule has 1 aromatic rings. The number of nitrogens with zero attached hydrogens (tertiary/aromatic N) is 1. The van der Waals surface area contributed by atoms with E-state index in [0.717, 1.165) is 5.56 Å². The number of carbonyl (C=O) groups excluding carboxylic acids is 1. The molecule has 0 fully saturated rings. The quantitative estimate of drug-likeness (QED) is 0.748. The van der Waals surface area contributed by atoms with Gasteiger partial charge in [-0.15, -0.1) is 0 Å². The summed E-state index contributed by atoms with van der Waals surface area (Å²) >= 11 is 6.09. The van der Waals surface area contributed by atoms with Crippen molar-refractivity contribution in [2.45, 2.75) is 25.5 Å². The fourth-order valence-electron chi connectivity index (χ4n) is 1.76. The molecule has 0 bridgehead atoms. The highest BCUT2D eigenvalue weighted by Gasteiger charge is 2.19. The summed E-state index contributed by atoms with van der Waals surface area (Å²) in [5.74, 6) is -1.30. The van der Waals surface area contributed by atoms with Crippen LogP contribution in [0.3, 0.4) is 0 Å². The molecule has 0 aliphatic heterocycles.